The first kappa shape index (κ1) is 14.8. The van der Waals surface area contributed by atoms with Gasteiger partial charge in [0.1, 0.15) is 0 Å². The Kier molecular flexibility index (Phi) is 5.23. The minimum absolute atomic E-state index is 0.583. The molecule has 0 bridgehead atoms. The van der Waals surface area contributed by atoms with Crippen LogP contribution in [0.2, 0.25) is 0 Å². The molecule has 1 N–H and O–H groups in total. The van der Waals surface area contributed by atoms with E-state index in [9.17, 15) is 0 Å². The van der Waals surface area contributed by atoms with Gasteiger partial charge >= 0.3 is 0 Å². The lowest BCUT2D eigenvalue weighted by molar-refractivity contribution is 0.364. The van der Waals surface area contributed by atoms with Crippen LogP contribution in [-0.4, -0.2) is 12.6 Å². The SMILES string of the molecule is CC1=CC(C)CC(CNC(C)Cc2ccc(C)s2)C1. The Balaban J connectivity index is 1.74. The maximum absolute atomic E-state index is 3.73. The van der Waals surface area contributed by atoms with Crippen LogP contribution in [-0.2, 0) is 6.42 Å². The fourth-order valence-corrected chi connectivity index (χ4v) is 4.20. The van der Waals surface area contributed by atoms with Crippen LogP contribution in [0, 0.1) is 18.8 Å². The Morgan fingerprint density at radius 3 is 2.79 bits per heavy atom. The topological polar surface area (TPSA) is 12.0 Å². The first-order valence-electron chi connectivity index (χ1n) is 7.49. The van der Waals surface area contributed by atoms with E-state index >= 15 is 0 Å². The van der Waals surface area contributed by atoms with Gasteiger partial charge < -0.3 is 5.32 Å². The molecule has 0 fully saturated rings. The monoisotopic (exact) mass is 277 g/mol. The molecular weight excluding hydrogens is 250 g/mol. The van der Waals surface area contributed by atoms with E-state index in [-0.39, 0.29) is 0 Å². The van der Waals surface area contributed by atoms with E-state index in [1.54, 1.807) is 5.57 Å². The molecule has 0 aliphatic heterocycles. The van der Waals surface area contributed by atoms with Gasteiger partial charge in [-0.1, -0.05) is 18.6 Å². The minimum Gasteiger partial charge on any atom is -0.314 e. The lowest BCUT2D eigenvalue weighted by Crippen LogP contribution is -2.34. The summed E-state index contributed by atoms with van der Waals surface area (Å²) in [6.45, 7) is 10.3. The van der Waals surface area contributed by atoms with Crippen LogP contribution in [0.25, 0.3) is 0 Å². The van der Waals surface area contributed by atoms with Gasteiger partial charge in [0.15, 0.2) is 0 Å². The van der Waals surface area contributed by atoms with E-state index in [0.29, 0.717) is 6.04 Å². The van der Waals surface area contributed by atoms with Gasteiger partial charge in [-0.25, -0.2) is 0 Å². The third-order valence-corrected chi connectivity index (χ3v) is 4.97. The zero-order chi connectivity index (χ0) is 13.8. The van der Waals surface area contributed by atoms with Gasteiger partial charge in [-0.2, -0.15) is 0 Å². The average molecular weight is 277 g/mol. The number of hydrogen-bond acceptors (Lipinski definition) is 2. The highest BCUT2D eigenvalue weighted by molar-refractivity contribution is 7.11. The molecule has 1 nitrogen and oxygen atoms in total. The molecule has 106 valence electrons. The summed E-state index contributed by atoms with van der Waals surface area (Å²) in [6, 6.07) is 5.08. The molecule has 2 rings (SSSR count). The number of nitrogens with one attached hydrogen (secondary N) is 1. The van der Waals surface area contributed by atoms with E-state index in [0.717, 1.165) is 18.3 Å². The van der Waals surface area contributed by atoms with E-state index < -0.39 is 0 Å². The molecule has 1 aliphatic carbocycles. The van der Waals surface area contributed by atoms with Gasteiger partial charge in [0.2, 0.25) is 0 Å². The molecule has 0 saturated carbocycles. The minimum atomic E-state index is 0.583. The zero-order valence-electron chi connectivity index (χ0n) is 12.7. The molecule has 0 saturated heterocycles. The van der Waals surface area contributed by atoms with Gasteiger partial charge in [-0.3, -0.25) is 0 Å². The summed E-state index contributed by atoms with van der Waals surface area (Å²) in [5.74, 6) is 1.59. The normalized spacial score (nSPS) is 25.2. The highest BCUT2D eigenvalue weighted by atomic mass is 32.1. The summed E-state index contributed by atoms with van der Waals surface area (Å²) in [6.07, 6.45) is 6.22. The Morgan fingerprint density at radius 1 is 1.37 bits per heavy atom. The summed E-state index contributed by atoms with van der Waals surface area (Å²) in [5.41, 5.74) is 1.58. The van der Waals surface area contributed by atoms with Crippen molar-refractivity contribution in [2.45, 2.75) is 53.0 Å². The highest BCUT2D eigenvalue weighted by Crippen LogP contribution is 2.27. The van der Waals surface area contributed by atoms with Gasteiger partial charge in [0.25, 0.3) is 0 Å². The molecule has 1 aliphatic rings. The standard InChI is InChI=1S/C17H27NS/c1-12-7-13(2)9-16(8-12)11-18-14(3)10-17-6-5-15(4)19-17/h5-7,12,14,16,18H,8-11H2,1-4H3. The predicted octanol–water partition coefficient (Wildman–Crippen LogP) is 4.57. The van der Waals surface area contributed by atoms with Crippen molar-refractivity contribution in [3.05, 3.63) is 33.5 Å². The van der Waals surface area contributed by atoms with Gasteiger partial charge in [-0.15, -0.1) is 11.3 Å². The van der Waals surface area contributed by atoms with Crippen LogP contribution in [0.3, 0.4) is 0 Å². The van der Waals surface area contributed by atoms with E-state index in [1.165, 1.54) is 29.1 Å². The summed E-state index contributed by atoms with van der Waals surface area (Å²) >= 11 is 1.93. The number of hydrogen-bond donors (Lipinski definition) is 1. The van der Waals surface area contributed by atoms with Gasteiger partial charge in [0, 0.05) is 15.8 Å². The smallest absolute Gasteiger partial charge is 0.00871 e. The van der Waals surface area contributed by atoms with Crippen molar-refractivity contribution >= 4 is 11.3 Å². The van der Waals surface area contributed by atoms with Crippen molar-refractivity contribution in [3.63, 3.8) is 0 Å². The lowest BCUT2D eigenvalue weighted by Gasteiger charge is -2.27. The quantitative estimate of drug-likeness (QED) is 0.777. The molecule has 1 aromatic rings. The summed E-state index contributed by atoms with van der Waals surface area (Å²) in [7, 11) is 0. The molecule has 1 aromatic heterocycles. The van der Waals surface area contributed by atoms with Crippen LogP contribution in [0.15, 0.2) is 23.8 Å². The molecule has 0 radical (unpaired) electrons. The number of aryl methyl sites for hydroxylation is 1. The van der Waals surface area contributed by atoms with Crippen LogP contribution >= 0.6 is 11.3 Å². The molecule has 1 heterocycles. The molecule has 3 unspecified atom stereocenters. The second-order valence-electron chi connectivity index (χ2n) is 6.32. The van der Waals surface area contributed by atoms with Crippen molar-refractivity contribution < 1.29 is 0 Å². The molecule has 3 atom stereocenters. The largest absolute Gasteiger partial charge is 0.314 e. The third-order valence-electron chi connectivity index (χ3n) is 3.94. The molecular formula is C17H27NS. The third kappa shape index (κ3) is 4.77. The molecule has 19 heavy (non-hydrogen) atoms. The Labute approximate surface area is 122 Å². The van der Waals surface area contributed by atoms with E-state index in [2.05, 4.69) is 51.2 Å². The van der Waals surface area contributed by atoms with Crippen molar-refractivity contribution in [2.75, 3.05) is 6.54 Å². The maximum atomic E-state index is 3.73. The first-order chi connectivity index (χ1) is 9.02. The molecule has 0 spiro atoms. The van der Waals surface area contributed by atoms with Crippen LogP contribution in [0.5, 0.6) is 0 Å². The zero-order valence-corrected chi connectivity index (χ0v) is 13.5. The number of rotatable bonds is 5. The molecule has 2 heteroatoms. The Morgan fingerprint density at radius 2 is 2.16 bits per heavy atom. The number of thiophene rings is 1. The van der Waals surface area contributed by atoms with Crippen molar-refractivity contribution in [1.29, 1.82) is 0 Å². The van der Waals surface area contributed by atoms with Gasteiger partial charge in [0.05, 0.1) is 0 Å². The fraction of sp³-hybridized carbons (Fsp3) is 0.647. The average Bonchev–Trinajstić information content (AvgIpc) is 2.71. The summed E-state index contributed by atoms with van der Waals surface area (Å²) in [5, 5.41) is 3.73. The highest BCUT2D eigenvalue weighted by Gasteiger charge is 2.18. The van der Waals surface area contributed by atoms with Crippen LogP contribution < -0.4 is 5.32 Å². The Hall–Kier alpha value is -0.600. The van der Waals surface area contributed by atoms with Gasteiger partial charge in [-0.05, 0) is 70.5 Å². The van der Waals surface area contributed by atoms with Crippen molar-refractivity contribution in [3.8, 4) is 0 Å². The first-order valence-corrected chi connectivity index (χ1v) is 8.30. The van der Waals surface area contributed by atoms with E-state index in [4.69, 9.17) is 0 Å². The fourth-order valence-electron chi connectivity index (χ4n) is 3.18. The lowest BCUT2D eigenvalue weighted by atomic mass is 9.83. The second-order valence-corrected chi connectivity index (χ2v) is 7.69. The molecule has 0 aromatic carbocycles. The summed E-state index contributed by atoms with van der Waals surface area (Å²) < 4.78 is 0. The number of allylic oxidation sites excluding steroid dienone is 2. The predicted molar refractivity (Wildman–Crippen MR) is 85.9 cm³/mol. The van der Waals surface area contributed by atoms with Crippen LogP contribution in [0.1, 0.15) is 43.4 Å². The van der Waals surface area contributed by atoms with E-state index in [1.807, 2.05) is 11.3 Å². The summed E-state index contributed by atoms with van der Waals surface area (Å²) in [4.78, 5) is 2.93. The van der Waals surface area contributed by atoms with Crippen molar-refractivity contribution in [1.82, 2.24) is 5.32 Å². The molecule has 0 amide bonds. The second kappa shape index (κ2) is 6.71. The maximum Gasteiger partial charge on any atom is 0.00871 e. The van der Waals surface area contributed by atoms with Crippen LogP contribution in [0.4, 0.5) is 0 Å². The Bertz CT molecular complexity index is 432. The van der Waals surface area contributed by atoms with Crippen molar-refractivity contribution in [2.24, 2.45) is 11.8 Å².